The molecule has 24 heavy (non-hydrogen) atoms. The minimum absolute atomic E-state index is 0.0317. The second kappa shape index (κ2) is 7.75. The number of benzene rings is 1. The lowest BCUT2D eigenvalue weighted by Crippen LogP contribution is -2.46. The van der Waals surface area contributed by atoms with Crippen LogP contribution < -0.4 is 5.32 Å². The molecule has 1 aromatic carbocycles. The van der Waals surface area contributed by atoms with Crippen LogP contribution in [0.15, 0.2) is 30.5 Å². The zero-order valence-electron chi connectivity index (χ0n) is 15.1. The number of nitrogens with one attached hydrogen (secondary N) is 1. The molecular formula is C20H28N2O2. The molecular weight excluding hydrogens is 300 g/mol. The molecule has 4 heteroatoms. The summed E-state index contributed by atoms with van der Waals surface area (Å²) in [5.74, 6) is -0.288. The molecule has 0 saturated heterocycles. The van der Waals surface area contributed by atoms with Crippen molar-refractivity contribution in [1.82, 2.24) is 10.3 Å². The van der Waals surface area contributed by atoms with Gasteiger partial charge in [-0.2, -0.15) is 0 Å². The molecule has 2 aromatic rings. The third-order valence-electron chi connectivity index (χ3n) is 5.00. The first kappa shape index (κ1) is 18.4. The SMILES string of the molecule is CCC(C)c1ccc2cnc(CC(C)(CC)NCC(=O)O)cc2c1. The van der Waals surface area contributed by atoms with Gasteiger partial charge < -0.3 is 10.4 Å². The molecule has 1 heterocycles. The maximum absolute atomic E-state index is 10.8. The topological polar surface area (TPSA) is 62.2 Å². The Morgan fingerprint density at radius 1 is 1.29 bits per heavy atom. The predicted molar refractivity (Wildman–Crippen MR) is 98.5 cm³/mol. The Labute approximate surface area is 144 Å². The Hall–Kier alpha value is -1.94. The van der Waals surface area contributed by atoms with Crippen LogP contribution in [-0.2, 0) is 11.2 Å². The maximum Gasteiger partial charge on any atom is 0.317 e. The van der Waals surface area contributed by atoms with Crippen molar-refractivity contribution in [3.63, 3.8) is 0 Å². The average Bonchev–Trinajstić information content (AvgIpc) is 2.58. The number of hydrogen-bond donors (Lipinski definition) is 2. The van der Waals surface area contributed by atoms with Crippen LogP contribution in [0.5, 0.6) is 0 Å². The van der Waals surface area contributed by atoms with E-state index in [0.717, 1.165) is 23.9 Å². The lowest BCUT2D eigenvalue weighted by Gasteiger charge is -2.29. The highest BCUT2D eigenvalue weighted by atomic mass is 16.4. The molecule has 130 valence electrons. The van der Waals surface area contributed by atoms with Gasteiger partial charge in [-0.25, -0.2) is 0 Å². The zero-order valence-corrected chi connectivity index (χ0v) is 15.1. The first-order valence-electron chi connectivity index (χ1n) is 8.72. The van der Waals surface area contributed by atoms with Crippen molar-refractivity contribution < 1.29 is 9.90 Å². The molecule has 0 amide bonds. The van der Waals surface area contributed by atoms with Crippen LogP contribution in [0.4, 0.5) is 0 Å². The van der Waals surface area contributed by atoms with Crippen molar-refractivity contribution in [3.8, 4) is 0 Å². The molecule has 2 unspecified atom stereocenters. The molecule has 0 bridgehead atoms. The molecule has 4 nitrogen and oxygen atoms in total. The highest BCUT2D eigenvalue weighted by molar-refractivity contribution is 5.82. The third-order valence-corrected chi connectivity index (χ3v) is 5.00. The fraction of sp³-hybridized carbons (Fsp3) is 0.500. The number of aliphatic carboxylic acids is 1. The molecule has 0 spiro atoms. The Morgan fingerprint density at radius 3 is 2.67 bits per heavy atom. The number of pyridine rings is 1. The van der Waals surface area contributed by atoms with E-state index >= 15 is 0 Å². The minimum atomic E-state index is -0.834. The van der Waals surface area contributed by atoms with Gasteiger partial charge in [0, 0.05) is 29.2 Å². The zero-order chi connectivity index (χ0) is 17.7. The number of carbonyl (C=O) groups is 1. The quantitative estimate of drug-likeness (QED) is 0.765. The highest BCUT2D eigenvalue weighted by Crippen LogP contribution is 2.25. The Morgan fingerprint density at radius 2 is 2.04 bits per heavy atom. The fourth-order valence-corrected chi connectivity index (χ4v) is 2.85. The largest absolute Gasteiger partial charge is 0.480 e. The summed E-state index contributed by atoms with van der Waals surface area (Å²) in [6, 6.07) is 8.71. The van der Waals surface area contributed by atoms with Crippen LogP contribution >= 0.6 is 0 Å². The van der Waals surface area contributed by atoms with Crippen LogP contribution in [0.25, 0.3) is 10.8 Å². The molecule has 0 aliphatic rings. The second-order valence-corrected chi connectivity index (χ2v) is 6.93. The lowest BCUT2D eigenvalue weighted by molar-refractivity contribution is -0.136. The normalized spacial score (nSPS) is 15.2. The van der Waals surface area contributed by atoms with Gasteiger partial charge in [0.2, 0.25) is 0 Å². The van der Waals surface area contributed by atoms with E-state index < -0.39 is 5.97 Å². The number of nitrogens with zero attached hydrogens (tertiary/aromatic N) is 1. The first-order valence-corrected chi connectivity index (χ1v) is 8.72. The summed E-state index contributed by atoms with van der Waals surface area (Å²) in [5.41, 5.74) is 2.07. The molecule has 2 rings (SSSR count). The summed E-state index contributed by atoms with van der Waals surface area (Å²) in [5, 5.41) is 14.4. The molecule has 2 atom stereocenters. The van der Waals surface area contributed by atoms with E-state index in [1.807, 2.05) is 6.20 Å². The summed E-state index contributed by atoms with van der Waals surface area (Å²) in [4.78, 5) is 15.4. The van der Waals surface area contributed by atoms with E-state index in [2.05, 4.69) is 62.3 Å². The summed E-state index contributed by atoms with van der Waals surface area (Å²) in [6.07, 6.45) is 4.59. The molecule has 2 N–H and O–H groups in total. The fourth-order valence-electron chi connectivity index (χ4n) is 2.85. The summed E-state index contributed by atoms with van der Waals surface area (Å²) >= 11 is 0. The monoisotopic (exact) mass is 328 g/mol. The van der Waals surface area contributed by atoms with Crippen LogP contribution in [-0.4, -0.2) is 28.1 Å². The van der Waals surface area contributed by atoms with Crippen LogP contribution in [0, 0.1) is 0 Å². The van der Waals surface area contributed by atoms with E-state index in [1.165, 1.54) is 10.9 Å². The number of aromatic nitrogens is 1. The van der Waals surface area contributed by atoms with Crippen molar-refractivity contribution in [1.29, 1.82) is 0 Å². The summed E-state index contributed by atoms with van der Waals surface area (Å²) in [7, 11) is 0. The third kappa shape index (κ3) is 4.54. The van der Waals surface area contributed by atoms with Crippen molar-refractivity contribution in [3.05, 3.63) is 41.7 Å². The van der Waals surface area contributed by atoms with Gasteiger partial charge in [-0.3, -0.25) is 9.78 Å². The summed E-state index contributed by atoms with van der Waals surface area (Å²) < 4.78 is 0. The van der Waals surface area contributed by atoms with Gasteiger partial charge in [0.15, 0.2) is 0 Å². The molecule has 0 radical (unpaired) electrons. The molecule has 0 aliphatic carbocycles. The van der Waals surface area contributed by atoms with E-state index in [-0.39, 0.29) is 12.1 Å². The van der Waals surface area contributed by atoms with Gasteiger partial charge in [-0.15, -0.1) is 0 Å². The van der Waals surface area contributed by atoms with Gasteiger partial charge in [0.1, 0.15) is 0 Å². The Kier molecular flexibility index (Phi) is 5.94. The van der Waals surface area contributed by atoms with Gasteiger partial charge >= 0.3 is 5.97 Å². The Balaban J connectivity index is 2.26. The van der Waals surface area contributed by atoms with E-state index in [1.54, 1.807) is 0 Å². The molecule has 0 fully saturated rings. The first-order chi connectivity index (χ1) is 11.4. The number of rotatable bonds is 8. The average molecular weight is 328 g/mol. The number of fused-ring (bicyclic) bond motifs is 1. The van der Waals surface area contributed by atoms with Gasteiger partial charge in [-0.1, -0.05) is 39.0 Å². The molecule has 0 aliphatic heterocycles. The standard InChI is InChI=1S/C20H28N2O2/c1-5-14(3)15-7-8-16-12-21-18(10-17(16)9-15)11-20(4,6-2)22-13-19(23)24/h7-10,12,14,22H,5-6,11,13H2,1-4H3,(H,23,24). The van der Waals surface area contributed by atoms with Crippen molar-refractivity contribution in [2.75, 3.05) is 6.54 Å². The molecule has 0 saturated carbocycles. The van der Waals surface area contributed by atoms with Crippen LogP contribution in [0.1, 0.15) is 57.7 Å². The highest BCUT2D eigenvalue weighted by Gasteiger charge is 2.23. The van der Waals surface area contributed by atoms with Gasteiger partial charge in [-0.05, 0) is 42.7 Å². The maximum atomic E-state index is 10.8. The number of carboxylic acids is 1. The van der Waals surface area contributed by atoms with Crippen molar-refractivity contribution >= 4 is 16.7 Å². The minimum Gasteiger partial charge on any atom is -0.480 e. The number of carboxylic acid groups (broad SMARTS) is 1. The predicted octanol–water partition coefficient (Wildman–Crippen LogP) is 4.13. The van der Waals surface area contributed by atoms with Crippen LogP contribution in [0.3, 0.4) is 0 Å². The van der Waals surface area contributed by atoms with Gasteiger partial charge in [0.25, 0.3) is 0 Å². The van der Waals surface area contributed by atoms with Gasteiger partial charge in [0.05, 0.1) is 6.54 Å². The lowest BCUT2D eigenvalue weighted by atomic mass is 9.91. The van der Waals surface area contributed by atoms with E-state index in [4.69, 9.17) is 5.11 Å². The summed E-state index contributed by atoms with van der Waals surface area (Å²) in [6.45, 7) is 8.53. The van der Waals surface area contributed by atoms with E-state index in [9.17, 15) is 4.79 Å². The van der Waals surface area contributed by atoms with Crippen molar-refractivity contribution in [2.45, 2.75) is 58.4 Å². The van der Waals surface area contributed by atoms with Crippen LogP contribution in [0.2, 0.25) is 0 Å². The smallest absolute Gasteiger partial charge is 0.317 e. The second-order valence-electron chi connectivity index (χ2n) is 6.93. The van der Waals surface area contributed by atoms with Crippen molar-refractivity contribution in [2.24, 2.45) is 0 Å². The Bertz CT molecular complexity index is 714. The molecule has 1 aromatic heterocycles. The van der Waals surface area contributed by atoms with E-state index in [0.29, 0.717) is 12.3 Å². The number of hydrogen-bond acceptors (Lipinski definition) is 3.